The molecule has 1 spiro atoms. The fourth-order valence-corrected chi connectivity index (χ4v) is 5.72. The number of nitrogens with zero attached hydrogens (tertiary/aromatic N) is 1. The Labute approximate surface area is 196 Å². The number of carbonyl (C=O) groups is 1. The number of benzene rings is 3. The fourth-order valence-electron chi connectivity index (χ4n) is 5.72. The number of rotatable bonds is 5. The molecule has 0 bridgehead atoms. The van der Waals surface area contributed by atoms with Gasteiger partial charge in [-0.2, -0.15) is 0 Å². The summed E-state index contributed by atoms with van der Waals surface area (Å²) in [6.07, 6.45) is 3.66. The molecular weight excluding hydrogens is 408 g/mol. The number of carbonyl (C=O) groups excluding carboxylic acids is 1. The van der Waals surface area contributed by atoms with Crippen molar-refractivity contribution in [1.82, 2.24) is 10.2 Å². The smallest absolute Gasteiger partial charge is 0.220 e. The highest BCUT2D eigenvalue weighted by Gasteiger charge is 2.49. The van der Waals surface area contributed by atoms with Gasteiger partial charge in [0.1, 0.15) is 5.75 Å². The van der Waals surface area contributed by atoms with E-state index in [4.69, 9.17) is 4.74 Å². The number of ether oxygens (including phenoxy) is 1. The average Bonchev–Trinajstić information content (AvgIpc) is 3.07. The highest BCUT2D eigenvalue weighted by Crippen LogP contribution is 2.44. The molecule has 1 amide bonds. The summed E-state index contributed by atoms with van der Waals surface area (Å²) in [4.78, 5) is 15.2. The van der Waals surface area contributed by atoms with Gasteiger partial charge in [0.15, 0.2) is 0 Å². The van der Waals surface area contributed by atoms with Crippen LogP contribution in [0.15, 0.2) is 78.9 Å². The molecule has 2 saturated heterocycles. The Hall–Kier alpha value is -3.11. The lowest BCUT2D eigenvalue weighted by molar-refractivity contribution is -0.122. The molecule has 2 aliphatic heterocycles. The highest BCUT2D eigenvalue weighted by atomic mass is 16.5. The quantitative estimate of drug-likeness (QED) is 0.578. The van der Waals surface area contributed by atoms with Crippen molar-refractivity contribution in [2.75, 3.05) is 20.2 Å². The molecule has 0 aliphatic carbocycles. The molecule has 0 radical (unpaired) electrons. The third-order valence-corrected chi connectivity index (χ3v) is 7.23. The zero-order valence-corrected chi connectivity index (χ0v) is 19.3. The minimum Gasteiger partial charge on any atom is -0.496 e. The van der Waals surface area contributed by atoms with Crippen LogP contribution in [-0.2, 0) is 11.3 Å². The third-order valence-electron chi connectivity index (χ3n) is 7.23. The van der Waals surface area contributed by atoms with Crippen molar-refractivity contribution >= 4 is 5.91 Å². The van der Waals surface area contributed by atoms with Gasteiger partial charge in [-0.25, -0.2) is 0 Å². The van der Waals surface area contributed by atoms with Crippen LogP contribution in [0, 0.1) is 0 Å². The van der Waals surface area contributed by atoms with Gasteiger partial charge in [-0.05, 0) is 41.7 Å². The number of hydrogen-bond acceptors (Lipinski definition) is 3. The second-order valence-corrected chi connectivity index (χ2v) is 9.44. The Morgan fingerprint density at radius 3 is 2.61 bits per heavy atom. The Kier molecular flexibility index (Phi) is 6.19. The topological polar surface area (TPSA) is 41.6 Å². The maximum atomic E-state index is 12.7. The van der Waals surface area contributed by atoms with E-state index in [-0.39, 0.29) is 17.4 Å². The number of para-hydroxylation sites is 1. The maximum Gasteiger partial charge on any atom is 0.220 e. The first-order valence-electron chi connectivity index (χ1n) is 12.0. The van der Waals surface area contributed by atoms with Crippen LogP contribution in [0.5, 0.6) is 5.75 Å². The van der Waals surface area contributed by atoms with Gasteiger partial charge < -0.3 is 10.1 Å². The van der Waals surface area contributed by atoms with E-state index in [2.05, 4.69) is 76.9 Å². The lowest BCUT2D eigenvalue weighted by atomic mass is 9.78. The van der Waals surface area contributed by atoms with Crippen LogP contribution in [0.2, 0.25) is 0 Å². The van der Waals surface area contributed by atoms with Crippen molar-refractivity contribution in [2.45, 2.75) is 43.7 Å². The predicted octanol–water partition coefficient (Wildman–Crippen LogP) is 5.39. The van der Waals surface area contributed by atoms with Crippen molar-refractivity contribution in [2.24, 2.45) is 0 Å². The molecule has 3 aromatic carbocycles. The molecule has 2 fully saturated rings. The summed E-state index contributed by atoms with van der Waals surface area (Å²) in [5.74, 6) is 1.29. The number of likely N-dealkylation sites (tertiary alicyclic amines) is 1. The van der Waals surface area contributed by atoms with Gasteiger partial charge in [0.25, 0.3) is 0 Å². The van der Waals surface area contributed by atoms with Crippen molar-refractivity contribution in [3.8, 4) is 16.9 Å². The van der Waals surface area contributed by atoms with Gasteiger partial charge in [-0.3, -0.25) is 9.69 Å². The number of nitrogens with one attached hydrogen (secondary N) is 1. The minimum absolute atomic E-state index is 0.181. The van der Waals surface area contributed by atoms with Crippen LogP contribution in [0.4, 0.5) is 0 Å². The summed E-state index contributed by atoms with van der Waals surface area (Å²) in [5, 5.41) is 3.47. The highest BCUT2D eigenvalue weighted by molar-refractivity contribution is 5.77. The molecule has 0 saturated carbocycles. The van der Waals surface area contributed by atoms with E-state index in [0.29, 0.717) is 6.42 Å². The van der Waals surface area contributed by atoms with Gasteiger partial charge in [-0.1, -0.05) is 73.2 Å². The van der Waals surface area contributed by atoms with Crippen molar-refractivity contribution in [1.29, 1.82) is 0 Å². The fraction of sp³-hybridized carbons (Fsp3) is 0.345. The van der Waals surface area contributed by atoms with E-state index >= 15 is 0 Å². The van der Waals surface area contributed by atoms with Gasteiger partial charge >= 0.3 is 0 Å². The molecule has 4 nitrogen and oxygen atoms in total. The summed E-state index contributed by atoms with van der Waals surface area (Å²) in [5.41, 5.74) is 4.72. The first kappa shape index (κ1) is 21.7. The zero-order chi connectivity index (χ0) is 22.7. The molecule has 2 atom stereocenters. The van der Waals surface area contributed by atoms with E-state index in [1.54, 1.807) is 7.11 Å². The summed E-state index contributed by atoms with van der Waals surface area (Å²) >= 11 is 0. The van der Waals surface area contributed by atoms with Crippen LogP contribution in [0.1, 0.15) is 42.7 Å². The largest absolute Gasteiger partial charge is 0.496 e. The predicted molar refractivity (Wildman–Crippen MR) is 132 cm³/mol. The Balaban J connectivity index is 1.45. The van der Waals surface area contributed by atoms with E-state index in [0.717, 1.165) is 44.6 Å². The molecular formula is C29H32N2O2. The summed E-state index contributed by atoms with van der Waals surface area (Å²) in [7, 11) is 1.74. The van der Waals surface area contributed by atoms with E-state index < -0.39 is 0 Å². The summed E-state index contributed by atoms with van der Waals surface area (Å²) < 4.78 is 5.74. The lowest BCUT2D eigenvalue weighted by Crippen LogP contribution is -2.52. The van der Waals surface area contributed by atoms with E-state index in [1.165, 1.54) is 22.3 Å². The summed E-state index contributed by atoms with van der Waals surface area (Å²) in [6.45, 7) is 2.62. The van der Waals surface area contributed by atoms with Gasteiger partial charge in [0.2, 0.25) is 5.91 Å². The van der Waals surface area contributed by atoms with Crippen molar-refractivity contribution in [3.05, 3.63) is 90.0 Å². The standard InChI is InChI=1S/C29H32N2O2/c1-33-27-15-6-5-14-25(27)26-20-31(21-29(26)17-8-7-16-28(32)30-29)19-22-10-9-13-24(18-22)23-11-3-2-4-12-23/h2-6,9-15,18,26H,7-8,16-17,19-21H2,1H3,(H,30,32)/t26-,29+/m0/s1. The molecule has 4 heteroatoms. The van der Waals surface area contributed by atoms with Crippen LogP contribution in [0.3, 0.4) is 0 Å². The van der Waals surface area contributed by atoms with E-state index in [1.807, 2.05) is 12.1 Å². The van der Waals surface area contributed by atoms with Gasteiger partial charge in [0, 0.05) is 37.5 Å². The number of methoxy groups -OCH3 is 1. The zero-order valence-electron chi connectivity index (χ0n) is 19.3. The molecule has 0 unspecified atom stereocenters. The maximum absolute atomic E-state index is 12.7. The molecule has 2 heterocycles. The second-order valence-electron chi connectivity index (χ2n) is 9.44. The molecule has 5 rings (SSSR count). The second kappa shape index (κ2) is 9.40. The lowest BCUT2D eigenvalue weighted by Gasteiger charge is -2.35. The van der Waals surface area contributed by atoms with Crippen LogP contribution < -0.4 is 10.1 Å². The number of amides is 1. The van der Waals surface area contributed by atoms with Crippen LogP contribution >= 0.6 is 0 Å². The summed E-state index contributed by atoms with van der Waals surface area (Å²) in [6, 6.07) is 27.7. The molecule has 2 aliphatic rings. The number of hydrogen-bond donors (Lipinski definition) is 1. The van der Waals surface area contributed by atoms with E-state index in [9.17, 15) is 4.79 Å². The molecule has 33 heavy (non-hydrogen) atoms. The Bertz CT molecular complexity index is 1110. The Morgan fingerprint density at radius 1 is 0.970 bits per heavy atom. The van der Waals surface area contributed by atoms with Crippen LogP contribution in [0.25, 0.3) is 11.1 Å². The van der Waals surface area contributed by atoms with Gasteiger partial charge in [0.05, 0.1) is 12.6 Å². The first-order chi connectivity index (χ1) is 16.2. The van der Waals surface area contributed by atoms with Gasteiger partial charge in [-0.15, -0.1) is 0 Å². The minimum atomic E-state index is -0.251. The normalized spacial score (nSPS) is 23.3. The third kappa shape index (κ3) is 4.53. The molecule has 170 valence electrons. The van der Waals surface area contributed by atoms with Crippen LogP contribution in [-0.4, -0.2) is 36.5 Å². The van der Waals surface area contributed by atoms with Crippen molar-refractivity contribution in [3.63, 3.8) is 0 Å². The van der Waals surface area contributed by atoms with Crippen molar-refractivity contribution < 1.29 is 9.53 Å². The first-order valence-corrected chi connectivity index (χ1v) is 12.0. The Morgan fingerprint density at radius 2 is 1.76 bits per heavy atom. The SMILES string of the molecule is COc1ccccc1[C@@H]1CN(Cc2cccc(-c3ccccc3)c2)C[C@]12CCCCC(=O)N2. The molecule has 3 aromatic rings. The molecule has 0 aromatic heterocycles. The molecule has 1 N–H and O–H groups in total. The average molecular weight is 441 g/mol. The monoisotopic (exact) mass is 440 g/mol.